The third kappa shape index (κ3) is 3.46. The van der Waals surface area contributed by atoms with Crippen LogP contribution in [0, 0.1) is 0 Å². The lowest BCUT2D eigenvalue weighted by atomic mass is 10.4. The number of piperazine rings is 1. The molecule has 0 saturated carbocycles. The number of hydrogen-bond acceptors (Lipinski definition) is 6. The maximum atomic E-state index is 12.5. The van der Waals surface area contributed by atoms with E-state index in [4.69, 9.17) is 0 Å². The van der Waals surface area contributed by atoms with Crippen molar-refractivity contribution in [3.63, 3.8) is 0 Å². The summed E-state index contributed by atoms with van der Waals surface area (Å²) in [5.41, 5.74) is 0. The molecular formula is C10H15F3N4O2S2. The van der Waals surface area contributed by atoms with E-state index >= 15 is 0 Å². The van der Waals surface area contributed by atoms with E-state index in [9.17, 15) is 21.6 Å². The highest BCUT2D eigenvalue weighted by atomic mass is 32.2. The van der Waals surface area contributed by atoms with Gasteiger partial charge in [-0.1, -0.05) is 11.3 Å². The summed E-state index contributed by atoms with van der Waals surface area (Å²) in [5, 5.41) is 5.33. The predicted octanol–water partition coefficient (Wildman–Crippen LogP) is 1.42. The predicted molar refractivity (Wildman–Crippen MR) is 72.8 cm³/mol. The minimum Gasteiger partial charge on any atom is -0.344 e. The number of halogens is 3. The van der Waals surface area contributed by atoms with Gasteiger partial charge in [0.1, 0.15) is 0 Å². The third-order valence-electron chi connectivity index (χ3n) is 3.12. The number of nitrogens with zero attached hydrogens (tertiary/aromatic N) is 4. The monoisotopic (exact) mass is 344 g/mol. The molecule has 11 heteroatoms. The van der Waals surface area contributed by atoms with Crippen molar-refractivity contribution in [3.8, 4) is 0 Å². The Kier molecular flexibility index (Phi) is 4.45. The molecule has 0 aliphatic carbocycles. The number of alkyl halides is 3. The van der Waals surface area contributed by atoms with Crippen molar-refractivity contribution in [2.24, 2.45) is 0 Å². The van der Waals surface area contributed by atoms with Crippen LogP contribution in [0.25, 0.3) is 0 Å². The van der Waals surface area contributed by atoms with Crippen LogP contribution in [0.3, 0.4) is 0 Å². The van der Waals surface area contributed by atoms with Gasteiger partial charge in [-0.15, -0.1) is 10.2 Å². The van der Waals surface area contributed by atoms with Crippen molar-refractivity contribution in [2.75, 3.05) is 31.1 Å². The largest absolute Gasteiger partial charge is 0.445 e. The lowest BCUT2D eigenvalue weighted by molar-refractivity contribution is -0.138. The third-order valence-corrected chi connectivity index (χ3v) is 6.43. The zero-order valence-corrected chi connectivity index (χ0v) is 13.1. The summed E-state index contributed by atoms with van der Waals surface area (Å²) < 4.78 is 62.8. The molecule has 2 rings (SSSR count). The van der Waals surface area contributed by atoms with Crippen molar-refractivity contribution in [2.45, 2.75) is 25.3 Å². The second-order valence-corrected chi connectivity index (χ2v) is 8.31. The quantitative estimate of drug-likeness (QED) is 0.830. The molecule has 2 heterocycles. The van der Waals surface area contributed by atoms with E-state index in [2.05, 4.69) is 10.2 Å². The summed E-state index contributed by atoms with van der Waals surface area (Å²) >= 11 is 0.472. The number of anilines is 1. The molecular weight excluding hydrogens is 329 g/mol. The Hall–Kier alpha value is -0.940. The Balaban J connectivity index is 2.03. The van der Waals surface area contributed by atoms with Gasteiger partial charge in [0.25, 0.3) is 0 Å². The van der Waals surface area contributed by atoms with E-state index in [0.717, 1.165) is 0 Å². The van der Waals surface area contributed by atoms with Gasteiger partial charge in [0.05, 0.1) is 5.25 Å². The van der Waals surface area contributed by atoms with Gasteiger partial charge in [0, 0.05) is 26.2 Å². The zero-order valence-electron chi connectivity index (χ0n) is 11.5. The van der Waals surface area contributed by atoms with Gasteiger partial charge in [-0.2, -0.15) is 17.5 Å². The summed E-state index contributed by atoms with van der Waals surface area (Å²) in [6.45, 7) is 4.28. The molecule has 0 spiro atoms. The van der Waals surface area contributed by atoms with Crippen LogP contribution in [-0.4, -0.2) is 54.3 Å². The van der Waals surface area contributed by atoms with E-state index < -0.39 is 26.5 Å². The van der Waals surface area contributed by atoms with Crippen LogP contribution in [0.4, 0.5) is 18.3 Å². The maximum absolute atomic E-state index is 12.5. The Bertz CT molecular complexity index is 592. The molecule has 0 N–H and O–H groups in total. The van der Waals surface area contributed by atoms with E-state index in [1.165, 1.54) is 4.31 Å². The molecule has 120 valence electrons. The molecule has 6 nitrogen and oxygen atoms in total. The summed E-state index contributed by atoms with van der Waals surface area (Å²) in [6, 6.07) is 0. The van der Waals surface area contributed by atoms with Gasteiger partial charge in [-0.3, -0.25) is 0 Å². The SMILES string of the molecule is CC(C)S(=O)(=O)N1CCN(c2nnc(C(F)(F)F)s2)CC1. The van der Waals surface area contributed by atoms with Crippen LogP contribution in [0.1, 0.15) is 18.9 Å². The van der Waals surface area contributed by atoms with Crippen molar-refractivity contribution in [1.29, 1.82) is 0 Å². The van der Waals surface area contributed by atoms with Gasteiger partial charge in [-0.25, -0.2) is 8.42 Å². The molecule has 1 aromatic heterocycles. The lowest BCUT2D eigenvalue weighted by Crippen LogP contribution is -2.50. The van der Waals surface area contributed by atoms with Gasteiger partial charge < -0.3 is 4.90 Å². The van der Waals surface area contributed by atoms with Crippen LogP contribution >= 0.6 is 11.3 Å². The van der Waals surface area contributed by atoms with Crippen LogP contribution in [0.5, 0.6) is 0 Å². The van der Waals surface area contributed by atoms with Crippen molar-refractivity contribution in [1.82, 2.24) is 14.5 Å². The molecule has 1 fully saturated rings. The zero-order chi connectivity index (χ0) is 15.8. The molecule has 0 unspecified atom stereocenters. The molecule has 0 aromatic carbocycles. The minimum absolute atomic E-state index is 0.170. The molecule has 0 bridgehead atoms. The molecule has 1 aromatic rings. The van der Waals surface area contributed by atoms with Crippen molar-refractivity contribution in [3.05, 3.63) is 5.01 Å². The second kappa shape index (κ2) is 5.69. The molecule has 1 aliphatic rings. The molecule has 21 heavy (non-hydrogen) atoms. The molecule has 0 radical (unpaired) electrons. The van der Waals surface area contributed by atoms with Gasteiger partial charge in [-0.05, 0) is 13.8 Å². The Morgan fingerprint density at radius 1 is 1.14 bits per heavy atom. The average molecular weight is 344 g/mol. The summed E-state index contributed by atoms with van der Waals surface area (Å²) in [7, 11) is -3.33. The first-order chi connectivity index (χ1) is 9.62. The van der Waals surface area contributed by atoms with E-state index in [0.29, 0.717) is 24.4 Å². The topological polar surface area (TPSA) is 66.4 Å². The maximum Gasteiger partial charge on any atom is 0.445 e. The fourth-order valence-electron chi connectivity index (χ4n) is 1.89. The van der Waals surface area contributed by atoms with Crippen LogP contribution in [-0.2, 0) is 16.2 Å². The van der Waals surface area contributed by atoms with Gasteiger partial charge in [0.2, 0.25) is 20.2 Å². The van der Waals surface area contributed by atoms with Crippen LogP contribution in [0.15, 0.2) is 0 Å². The van der Waals surface area contributed by atoms with Gasteiger partial charge >= 0.3 is 6.18 Å². The highest BCUT2D eigenvalue weighted by Crippen LogP contribution is 2.34. The van der Waals surface area contributed by atoms with Crippen LogP contribution < -0.4 is 4.90 Å². The Morgan fingerprint density at radius 2 is 1.71 bits per heavy atom. The number of rotatable bonds is 3. The number of sulfonamides is 1. The van der Waals surface area contributed by atoms with E-state index in [1.54, 1.807) is 18.7 Å². The molecule has 1 saturated heterocycles. The number of aromatic nitrogens is 2. The first-order valence-corrected chi connectivity index (χ1v) is 8.59. The highest BCUT2D eigenvalue weighted by molar-refractivity contribution is 7.89. The first kappa shape index (κ1) is 16.4. The van der Waals surface area contributed by atoms with Crippen LogP contribution in [0.2, 0.25) is 0 Å². The molecule has 0 amide bonds. The Labute approximate surface area is 124 Å². The molecule has 0 atom stereocenters. The normalized spacial score (nSPS) is 18.5. The van der Waals surface area contributed by atoms with Crippen molar-refractivity contribution >= 4 is 26.5 Å². The van der Waals surface area contributed by atoms with E-state index in [-0.39, 0.29) is 18.2 Å². The standard InChI is InChI=1S/C10H15F3N4O2S2/c1-7(2)21(18,19)17-5-3-16(4-6-17)9-15-14-8(20-9)10(11,12)13/h7H,3-6H2,1-2H3. The fraction of sp³-hybridized carbons (Fsp3) is 0.800. The summed E-state index contributed by atoms with van der Waals surface area (Å²) in [6.07, 6.45) is -4.50. The highest BCUT2D eigenvalue weighted by Gasteiger charge is 2.37. The van der Waals surface area contributed by atoms with Gasteiger partial charge in [0.15, 0.2) is 0 Å². The summed E-state index contributed by atoms with van der Waals surface area (Å²) in [4.78, 5) is 1.62. The lowest BCUT2D eigenvalue weighted by Gasteiger charge is -2.34. The smallest absolute Gasteiger partial charge is 0.344 e. The Morgan fingerprint density at radius 3 is 2.14 bits per heavy atom. The fourth-order valence-corrected chi connectivity index (χ4v) is 3.92. The second-order valence-electron chi connectivity index (χ2n) is 4.87. The molecule has 1 aliphatic heterocycles. The minimum atomic E-state index is -4.50. The average Bonchev–Trinajstić information content (AvgIpc) is 2.88. The van der Waals surface area contributed by atoms with Crippen molar-refractivity contribution < 1.29 is 21.6 Å². The first-order valence-electron chi connectivity index (χ1n) is 6.27. The summed E-state index contributed by atoms with van der Waals surface area (Å²) in [5.74, 6) is 0. The number of hydrogen-bond donors (Lipinski definition) is 0. The van der Waals surface area contributed by atoms with E-state index in [1.807, 2.05) is 0 Å².